The van der Waals surface area contributed by atoms with Crippen LogP contribution in [0, 0.1) is 5.82 Å². The van der Waals surface area contributed by atoms with E-state index in [0.29, 0.717) is 6.54 Å². The minimum atomic E-state index is -0.839. The van der Waals surface area contributed by atoms with Gasteiger partial charge < -0.3 is 10.4 Å². The molecule has 2 N–H and O–H groups in total. The number of carbonyl (C=O) groups is 1. The molecule has 1 rings (SSSR count). The van der Waals surface area contributed by atoms with Crippen molar-refractivity contribution < 1.29 is 14.3 Å². The molecule has 1 aromatic rings. The summed E-state index contributed by atoms with van der Waals surface area (Å²) in [6, 6.07) is 2.93. The van der Waals surface area contributed by atoms with Gasteiger partial charge >= 0.3 is 5.97 Å². The molecule has 0 saturated heterocycles. The number of nitrogens with one attached hydrogen (secondary N) is 1. The summed E-state index contributed by atoms with van der Waals surface area (Å²) in [5.41, 5.74) is 0.731. The summed E-state index contributed by atoms with van der Waals surface area (Å²) < 4.78 is 12.7. The van der Waals surface area contributed by atoms with Crippen molar-refractivity contribution >= 4 is 5.97 Å². The predicted molar refractivity (Wildman–Crippen MR) is 57.5 cm³/mol. The molecule has 0 spiro atoms. The average molecular weight is 226 g/mol. The van der Waals surface area contributed by atoms with E-state index >= 15 is 0 Å². The van der Waals surface area contributed by atoms with E-state index in [9.17, 15) is 9.18 Å². The minimum Gasteiger partial charge on any atom is -0.481 e. The number of carboxylic acid groups (broad SMARTS) is 1. The summed E-state index contributed by atoms with van der Waals surface area (Å²) in [7, 11) is 0. The quantitative estimate of drug-likeness (QED) is 0.775. The van der Waals surface area contributed by atoms with Crippen molar-refractivity contribution in [3.8, 4) is 0 Å². The van der Waals surface area contributed by atoms with E-state index in [-0.39, 0.29) is 18.3 Å². The second-order valence-electron chi connectivity index (χ2n) is 3.46. The minimum absolute atomic E-state index is 0.0278. The van der Waals surface area contributed by atoms with Crippen LogP contribution in [0.1, 0.15) is 31.5 Å². The van der Waals surface area contributed by atoms with E-state index in [1.807, 2.05) is 6.92 Å². The maximum Gasteiger partial charge on any atom is 0.304 e. The molecule has 0 aliphatic heterocycles. The number of hydrogen-bond donors (Lipinski definition) is 2. The van der Waals surface area contributed by atoms with E-state index in [2.05, 4.69) is 10.3 Å². The summed E-state index contributed by atoms with van der Waals surface area (Å²) >= 11 is 0. The molecule has 0 radical (unpaired) electrons. The standard InChI is InChI=1S/C11H15FN2O2/c1-2-9(13-6-5-11(15)16)10-4-3-8(12)7-14-10/h3-4,7,9,13H,2,5-6H2,1H3,(H,15,16). The van der Waals surface area contributed by atoms with E-state index in [4.69, 9.17) is 5.11 Å². The number of rotatable bonds is 6. The van der Waals surface area contributed by atoms with Gasteiger partial charge in [0.1, 0.15) is 5.82 Å². The second-order valence-corrected chi connectivity index (χ2v) is 3.46. The van der Waals surface area contributed by atoms with Crippen LogP contribution in [-0.4, -0.2) is 22.6 Å². The van der Waals surface area contributed by atoms with Gasteiger partial charge in [-0.1, -0.05) is 6.92 Å². The van der Waals surface area contributed by atoms with Gasteiger partial charge in [-0.25, -0.2) is 4.39 Å². The van der Waals surface area contributed by atoms with Crippen molar-refractivity contribution in [3.05, 3.63) is 29.8 Å². The van der Waals surface area contributed by atoms with Crippen LogP contribution in [-0.2, 0) is 4.79 Å². The summed E-state index contributed by atoms with van der Waals surface area (Å²) in [5.74, 6) is -1.21. The molecule has 0 saturated carbocycles. The largest absolute Gasteiger partial charge is 0.481 e. The molecule has 1 aromatic heterocycles. The maximum atomic E-state index is 12.7. The topological polar surface area (TPSA) is 62.2 Å². The maximum absolute atomic E-state index is 12.7. The Bertz CT molecular complexity index is 340. The predicted octanol–water partition coefficient (Wildman–Crippen LogP) is 1.74. The zero-order valence-corrected chi connectivity index (χ0v) is 9.11. The van der Waals surface area contributed by atoms with Crippen LogP contribution in [0.4, 0.5) is 4.39 Å². The van der Waals surface area contributed by atoms with Gasteiger partial charge in [-0.3, -0.25) is 9.78 Å². The van der Waals surface area contributed by atoms with Crippen molar-refractivity contribution in [1.29, 1.82) is 0 Å². The molecule has 1 heterocycles. The summed E-state index contributed by atoms with van der Waals surface area (Å²) in [5, 5.41) is 11.6. The number of carboxylic acids is 1. The molecule has 1 unspecified atom stereocenters. The highest BCUT2D eigenvalue weighted by Gasteiger charge is 2.10. The van der Waals surface area contributed by atoms with Crippen LogP contribution in [0.2, 0.25) is 0 Å². The van der Waals surface area contributed by atoms with Gasteiger partial charge in [0.15, 0.2) is 0 Å². The van der Waals surface area contributed by atoms with E-state index in [0.717, 1.165) is 18.3 Å². The van der Waals surface area contributed by atoms with Crippen LogP contribution >= 0.6 is 0 Å². The van der Waals surface area contributed by atoms with Crippen molar-refractivity contribution in [1.82, 2.24) is 10.3 Å². The van der Waals surface area contributed by atoms with Crippen LogP contribution in [0.3, 0.4) is 0 Å². The van der Waals surface area contributed by atoms with Gasteiger partial charge in [0.05, 0.1) is 18.3 Å². The molecular weight excluding hydrogens is 211 g/mol. The molecule has 4 nitrogen and oxygen atoms in total. The lowest BCUT2D eigenvalue weighted by Gasteiger charge is -2.15. The van der Waals surface area contributed by atoms with Crippen molar-refractivity contribution in [2.75, 3.05) is 6.54 Å². The van der Waals surface area contributed by atoms with Crippen molar-refractivity contribution in [2.45, 2.75) is 25.8 Å². The van der Waals surface area contributed by atoms with Crippen LogP contribution in [0.15, 0.2) is 18.3 Å². The Kier molecular flexibility index (Phi) is 4.85. The normalized spacial score (nSPS) is 12.4. The number of aromatic nitrogens is 1. The monoisotopic (exact) mass is 226 g/mol. The van der Waals surface area contributed by atoms with Crippen LogP contribution < -0.4 is 5.32 Å². The zero-order chi connectivity index (χ0) is 12.0. The highest BCUT2D eigenvalue weighted by molar-refractivity contribution is 5.66. The van der Waals surface area contributed by atoms with Gasteiger partial charge in [0.2, 0.25) is 0 Å². The Morgan fingerprint density at radius 1 is 1.62 bits per heavy atom. The number of pyridine rings is 1. The summed E-state index contributed by atoms with van der Waals surface area (Å²) in [6.07, 6.45) is 2.01. The van der Waals surface area contributed by atoms with Gasteiger partial charge in [-0.15, -0.1) is 0 Å². The SMILES string of the molecule is CCC(NCCC(=O)O)c1ccc(F)cn1. The van der Waals surface area contributed by atoms with Crippen LogP contribution in [0.25, 0.3) is 0 Å². The summed E-state index contributed by atoms with van der Waals surface area (Å²) in [4.78, 5) is 14.3. The molecule has 5 heteroatoms. The molecule has 88 valence electrons. The third-order valence-corrected chi connectivity index (χ3v) is 2.25. The highest BCUT2D eigenvalue weighted by Crippen LogP contribution is 2.13. The first kappa shape index (κ1) is 12.6. The van der Waals surface area contributed by atoms with E-state index < -0.39 is 5.97 Å². The third kappa shape index (κ3) is 3.94. The highest BCUT2D eigenvalue weighted by atomic mass is 19.1. The average Bonchev–Trinajstić information content (AvgIpc) is 2.26. The number of hydrogen-bond acceptors (Lipinski definition) is 3. The number of halogens is 1. The Morgan fingerprint density at radius 2 is 2.38 bits per heavy atom. The molecule has 1 atom stereocenters. The first-order valence-electron chi connectivity index (χ1n) is 5.20. The van der Waals surface area contributed by atoms with Gasteiger partial charge in [-0.2, -0.15) is 0 Å². The molecule has 0 aliphatic rings. The first-order chi connectivity index (χ1) is 7.63. The first-order valence-corrected chi connectivity index (χ1v) is 5.20. The second kappa shape index (κ2) is 6.17. The zero-order valence-electron chi connectivity index (χ0n) is 9.11. The lowest BCUT2D eigenvalue weighted by atomic mass is 10.1. The fourth-order valence-corrected chi connectivity index (χ4v) is 1.40. The molecule has 0 fully saturated rings. The Labute approximate surface area is 93.5 Å². The molecule has 0 aliphatic carbocycles. The molecule has 0 aromatic carbocycles. The van der Waals surface area contributed by atoms with Crippen LogP contribution in [0.5, 0.6) is 0 Å². The Hall–Kier alpha value is -1.49. The molecule has 16 heavy (non-hydrogen) atoms. The summed E-state index contributed by atoms with van der Waals surface area (Å²) in [6.45, 7) is 2.34. The lowest BCUT2D eigenvalue weighted by molar-refractivity contribution is -0.136. The fourth-order valence-electron chi connectivity index (χ4n) is 1.40. The van der Waals surface area contributed by atoms with Crippen molar-refractivity contribution in [2.24, 2.45) is 0 Å². The van der Waals surface area contributed by atoms with Gasteiger partial charge in [0, 0.05) is 12.6 Å². The lowest BCUT2D eigenvalue weighted by Crippen LogP contribution is -2.24. The van der Waals surface area contributed by atoms with E-state index in [1.54, 1.807) is 6.07 Å². The van der Waals surface area contributed by atoms with Gasteiger partial charge in [0.25, 0.3) is 0 Å². The molecule has 0 bridgehead atoms. The van der Waals surface area contributed by atoms with Crippen molar-refractivity contribution in [3.63, 3.8) is 0 Å². The number of aliphatic carboxylic acids is 1. The van der Waals surface area contributed by atoms with Gasteiger partial charge in [-0.05, 0) is 18.6 Å². The fraction of sp³-hybridized carbons (Fsp3) is 0.455. The smallest absolute Gasteiger partial charge is 0.304 e. The van der Waals surface area contributed by atoms with E-state index in [1.165, 1.54) is 6.07 Å². The Balaban J connectivity index is 2.53. The third-order valence-electron chi connectivity index (χ3n) is 2.25. The molecular formula is C11H15FN2O2. The molecule has 0 amide bonds. The Morgan fingerprint density at radius 3 is 2.88 bits per heavy atom. The number of nitrogens with zero attached hydrogens (tertiary/aromatic N) is 1.